The molecule has 2 aliphatic rings. The summed E-state index contributed by atoms with van der Waals surface area (Å²) in [4.78, 5) is 40.7. The third kappa shape index (κ3) is 4.17. The van der Waals surface area contributed by atoms with Crippen LogP contribution in [0, 0.1) is 0 Å². The van der Waals surface area contributed by atoms with Gasteiger partial charge in [0.1, 0.15) is 15.6 Å². The summed E-state index contributed by atoms with van der Waals surface area (Å²) in [6, 6.07) is 8.54. The van der Waals surface area contributed by atoms with E-state index in [0.29, 0.717) is 31.7 Å². The van der Waals surface area contributed by atoms with Gasteiger partial charge in [-0.1, -0.05) is 35.7 Å². The van der Waals surface area contributed by atoms with Crippen molar-refractivity contribution in [2.24, 2.45) is 0 Å². The second-order valence-electron chi connectivity index (χ2n) is 7.90. The first-order chi connectivity index (χ1) is 16.6. The molecule has 2 aliphatic heterocycles. The van der Waals surface area contributed by atoms with Crippen LogP contribution in [0.5, 0.6) is 5.75 Å². The smallest absolute Gasteiger partial charge is 0.346 e. The number of rotatable bonds is 4. The van der Waals surface area contributed by atoms with Crippen LogP contribution in [0.4, 0.5) is 5.69 Å². The first kappa shape index (κ1) is 25.1. The van der Waals surface area contributed by atoms with E-state index >= 15 is 0 Å². The molecule has 0 aliphatic carbocycles. The maximum Gasteiger partial charge on any atom is 0.346 e. The van der Waals surface area contributed by atoms with Crippen LogP contribution >= 0.6 is 35.7 Å². The van der Waals surface area contributed by atoms with Crippen LogP contribution in [0.15, 0.2) is 55.1 Å². The van der Waals surface area contributed by atoms with Crippen molar-refractivity contribution >= 4 is 69.7 Å². The molecular weight excluding hydrogens is 510 g/mol. The third-order valence-electron chi connectivity index (χ3n) is 5.53. The quantitative estimate of drug-likeness (QED) is 0.311. The normalized spacial score (nSPS) is 16.8. The van der Waals surface area contributed by atoms with Gasteiger partial charge in [-0.15, -0.1) is 0 Å². The molecular formula is C24H21NO7S3. The zero-order valence-corrected chi connectivity index (χ0v) is 21.9. The molecule has 3 heterocycles. The van der Waals surface area contributed by atoms with E-state index in [9.17, 15) is 14.4 Å². The molecule has 4 rings (SSSR count). The fourth-order valence-electron chi connectivity index (χ4n) is 3.80. The molecule has 0 saturated carbocycles. The third-order valence-corrected chi connectivity index (χ3v) is 8.79. The monoisotopic (exact) mass is 531 g/mol. The molecule has 35 heavy (non-hydrogen) atoms. The number of benzene rings is 1. The van der Waals surface area contributed by atoms with Gasteiger partial charge in [0, 0.05) is 11.1 Å². The Hall–Kier alpha value is -3.02. The van der Waals surface area contributed by atoms with Gasteiger partial charge in [0.25, 0.3) is 5.91 Å². The number of nitrogens with zero attached hydrogens (tertiary/aromatic N) is 1. The van der Waals surface area contributed by atoms with Crippen molar-refractivity contribution in [1.29, 1.82) is 0 Å². The molecule has 0 atom stereocenters. The topological polar surface area (TPSA) is 95.3 Å². The number of carbonyl (C=O) groups excluding carboxylic acids is 3. The van der Waals surface area contributed by atoms with E-state index in [2.05, 4.69) is 0 Å². The van der Waals surface area contributed by atoms with Crippen LogP contribution in [0.25, 0.3) is 5.57 Å². The Balaban J connectivity index is 1.94. The van der Waals surface area contributed by atoms with E-state index in [1.165, 1.54) is 27.6 Å². The molecule has 0 radical (unpaired) electrons. The molecule has 2 aromatic rings. The maximum absolute atomic E-state index is 13.5. The van der Waals surface area contributed by atoms with Crippen molar-refractivity contribution < 1.29 is 33.0 Å². The summed E-state index contributed by atoms with van der Waals surface area (Å²) in [5.41, 5.74) is 0.876. The second-order valence-corrected chi connectivity index (χ2v) is 10.6. The number of thiocarbonyl (C=S) groups is 1. The highest BCUT2D eigenvalue weighted by atomic mass is 32.2. The number of carbonyl (C=O) groups is 3. The first-order valence-electron chi connectivity index (χ1n) is 10.3. The number of amides is 1. The summed E-state index contributed by atoms with van der Waals surface area (Å²) < 4.78 is 21.2. The lowest BCUT2D eigenvalue weighted by atomic mass is 9.83. The molecule has 0 bridgehead atoms. The molecule has 1 aromatic carbocycles. The van der Waals surface area contributed by atoms with Crippen LogP contribution in [0.2, 0.25) is 0 Å². The predicted octanol–water partition coefficient (Wildman–Crippen LogP) is 4.80. The number of methoxy groups -OCH3 is 3. The largest absolute Gasteiger partial charge is 0.497 e. The van der Waals surface area contributed by atoms with Crippen molar-refractivity contribution in [2.75, 3.05) is 26.2 Å². The second kappa shape index (κ2) is 9.56. The Morgan fingerprint density at radius 3 is 2.14 bits per heavy atom. The molecule has 0 unspecified atom stereocenters. The van der Waals surface area contributed by atoms with E-state index in [1.807, 2.05) is 13.8 Å². The standard InChI is InChI=1S/C24H21NO7S3/c1-24(2)19(33)16(23-34-17(21(27)30-4)18(35-23)22(28)31-5)13-11-12(29-3)8-9-14(13)25(24)20(26)15-7-6-10-32-15/h6-11H,1-5H3. The Labute approximate surface area is 215 Å². The number of ether oxygens (including phenoxy) is 3. The number of furan rings is 1. The first-order valence-corrected chi connectivity index (χ1v) is 12.3. The zero-order chi connectivity index (χ0) is 25.5. The minimum atomic E-state index is -0.955. The van der Waals surface area contributed by atoms with Crippen molar-refractivity contribution in [3.63, 3.8) is 0 Å². The Morgan fingerprint density at radius 1 is 1.00 bits per heavy atom. The molecule has 0 N–H and O–H groups in total. The minimum absolute atomic E-state index is 0.117. The molecule has 0 spiro atoms. The summed E-state index contributed by atoms with van der Waals surface area (Å²) in [5.74, 6) is -0.934. The molecule has 1 aromatic heterocycles. The number of fused-ring (bicyclic) bond motifs is 1. The van der Waals surface area contributed by atoms with E-state index in [0.717, 1.165) is 23.5 Å². The number of anilines is 1. The molecule has 8 nitrogen and oxygen atoms in total. The summed E-state index contributed by atoms with van der Waals surface area (Å²) in [6.45, 7) is 3.67. The number of hydrogen-bond acceptors (Lipinski definition) is 10. The molecule has 0 fully saturated rings. The van der Waals surface area contributed by atoms with E-state index in [4.69, 9.17) is 30.8 Å². The van der Waals surface area contributed by atoms with Crippen LogP contribution in [-0.4, -0.2) is 49.6 Å². The van der Waals surface area contributed by atoms with Crippen LogP contribution in [0.1, 0.15) is 30.0 Å². The van der Waals surface area contributed by atoms with Gasteiger partial charge < -0.3 is 18.6 Å². The average molecular weight is 532 g/mol. The van der Waals surface area contributed by atoms with Crippen LogP contribution < -0.4 is 9.64 Å². The van der Waals surface area contributed by atoms with E-state index in [-0.39, 0.29) is 21.5 Å². The fourth-order valence-corrected chi connectivity index (χ4v) is 6.83. The predicted molar refractivity (Wildman–Crippen MR) is 138 cm³/mol. The Morgan fingerprint density at radius 2 is 1.63 bits per heavy atom. The van der Waals surface area contributed by atoms with Gasteiger partial charge in [-0.25, -0.2) is 9.59 Å². The molecule has 182 valence electrons. The van der Waals surface area contributed by atoms with E-state index < -0.39 is 17.5 Å². The summed E-state index contributed by atoms with van der Waals surface area (Å²) in [5, 5.41) is 0. The molecule has 1 amide bonds. The number of thioether (sulfide) groups is 2. The van der Waals surface area contributed by atoms with Crippen molar-refractivity contribution in [1.82, 2.24) is 0 Å². The summed E-state index contributed by atoms with van der Waals surface area (Å²) in [6.07, 6.45) is 1.44. The molecule has 11 heteroatoms. The summed E-state index contributed by atoms with van der Waals surface area (Å²) >= 11 is 8.12. The fraction of sp³-hybridized carbons (Fsp3) is 0.250. The Bertz CT molecular complexity index is 1280. The highest BCUT2D eigenvalue weighted by molar-refractivity contribution is 8.29. The van der Waals surface area contributed by atoms with Crippen LogP contribution in [-0.2, 0) is 19.1 Å². The average Bonchev–Trinajstić information content (AvgIpc) is 3.54. The summed E-state index contributed by atoms with van der Waals surface area (Å²) in [7, 11) is 4.03. The zero-order valence-electron chi connectivity index (χ0n) is 19.5. The van der Waals surface area contributed by atoms with Gasteiger partial charge in [0.2, 0.25) is 0 Å². The lowest BCUT2D eigenvalue weighted by Crippen LogP contribution is -2.55. The lowest BCUT2D eigenvalue weighted by Gasteiger charge is -2.44. The van der Waals surface area contributed by atoms with Gasteiger partial charge in [0.15, 0.2) is 5.76 Å². The van der Waals surface area contributed by atoms with Crippen molar-refractivity contribution in [3.05, 3.63) is 62.0 Å². The van der Waals surface area contributed by atoms with Gasteiger partial charge >= 0.3 is 11.9 Å². The van der Waals surface area contributed by atoms with Gasteiger partial charge in [-0.05, 0) is 44.2 Å². The van der Waals surface area contributed by atoms with Crippen LogP contribution in [0.3, 0.4) is 0 Å². The van der Waals surface area contributed by atoms with E-state index in [1.54, 1.807) is 35.2 Å². The number of esters is 2. The number of hydrogen-bond donors (Lipinski definition) is 0. The van der Waals surface area contributed by atoms with Gasteiger partial charge in [-0.3, -0.25) is 9.69 Å². The highest BCUT2D eigenvalue weighted by Gasteiger charge is 2.47. The molecule has 0 saturated heterocycles. The maximum atomic E-state index is 13.5. The SMILES string of the molecule is COC(=O)C1=C(C(=O)OC)SC(=C2C(=S)C(C)(C)N(C(=O)c3ccco3)c3ccc(OC)cc32)S1. The van der Waals surface area contributed by atoms with Gasteiger partial charge in [0.05, 0.1) is 47.9 Å². The highest BCUT2D eigenvalue weighted by Crippen LogP contribution is 2.56. The van der Waals surface area contributed by atoms with Crippen molar-refractivity contribution in [2.45, 2.75) is 19.4 Å². The Kier molecular flexibility index (Phi) is 6.85. The van der Waals surface area contributed by atoms with Gasteiger partial charge in [-0.2, -0.15) is 0 Å². The minimum Gasteiger partial charge on any atom is -0.497 e. The van der Waals surface area contributed by atoms with Crippen molar-refractivity contribution in [3.8, 4) is 5.75 Å². The lowest BCUT2D eigenvalue weighted by molar-refractivity contribution is -0.138.